The van der Waals surface area contributed by atoms with E-state index in [-0.39, 0.29) is 6.54 Å². The van der Waals surface area contributed by atoms with E-state index in [0.717, 1.165) is 5.56 Å². The summed E-state index contributed by atoms with van der Waals surface area (Å²) in [7, 11) is 0. The Morgan fingerprint density at radius 1 is 1.10 bits per heavy atom. The first kappa shape index (κ1) is 14.2. The van der Waals surface area contributed by atoms with Gasteiger partial charge in [-0.15, -0.1) is 0 Å². The predicted octanol–water partition coefficient (Wildman–Crippen LogP) is 2.10. The van der Waals surface area contributed by atoms with Crippen molar-refractivity contribution in [3.05, 3.63) is 58.8 Å². The highest BCUT2D eigenvalue weighted by molar-refractivity contribution is 9.10. The molecule has 2 N–H and O–H groups in total. The molecule has 1 heterocycles. The summed E-state index contributed by atoms with van der Waals surface area (Å²) in [6.45, 7) is 0.260. The number of aromatic nitrogens is 1. The zero-order valence-electron chi connectivity index (χ0n) is 10.5. The van der Waals surface area contributed by atoms with Crippen LogP contribution in [0, 0.1) is 0 Å². The van der Waals surface area contributed by atoms with Gasteiger partial charge in [-0.3, -0.25) is 14.6 Å². The number of nitrogens with one attached hydrogen (secondary N) is 2. The van der Waals surface area contributed by atoms with Crippen LogP contribution in [0.5, 0.6) is 0 Å². The molecule has 20 heavy (non-hydrogen) atoms. The van der Waals surface area contributed by atoms with Crippen LogP contribution in [0.25, 0.3) is 0 Å². The molecule has 0 aliphatic rings. The van der Waals surface area contributed by atoms with Crippen LogP contribution in [-0.4, -0.2) is 16.8 Å². The van der Waals surface area contributed by atoms with Crippen molar-refractivity contribution in [2.75, 3.05) is 5.32 Å². The molecular weight excluding hydrogens is 322 g/mol. The zero-order valence-corrected chi connectivity index (χ0v) is 12.1. The molecule has 102 valence electrons. The number of carbonyl (C=O) groups excluding carboxylic acids is 2. The molecule has 0 radical (unpaired) electrons. The summed E-state index contributed by atoms with van der Waals surface area (Å²) in [5, 5.41) is 5.06. The van der Waals surface area contributed by atoms with Gasteiger partial charge in [-0.25, -0.2) is 0 Å². The standard InChI is InChI=1S/C14H12BrN3O2/c15-11-5-1-2-6-12(11)18-14(20)13(19)17-9-10-4-3-7-16-8-10/h1-8H,9H2,(H,17,19)(H,18,20). The van der Waals surface area contributed by atoms with Gasteiger partial charge in [0.2, 0.25) is 0 Å². The molecule has 6 heteroatoms. The van der Waals surface area contributed by atoms with Crippen molar-refractivity contribution in [1.29, 1.82) is 0 Å². The number of benzene rings is 1. The highest BCUT2D eigenvalue weighted by Crippen LogP contribution is 2.20. The van der Waals surface area contributed by atoms with Gasteiger partial charge >= 0.3 is 11.8 Å². The minimum Gasteiger partial charge on any atom is -0.344 e. The van der Waals surface area contributed by atoms with Crippen molar-refractivity contribution >= 4 is 33.4 Å². The number of hydrogen-bond acceptors (Lipinski definition) is 3. The van der Waals surface area contributed by atoms with Gasteiger partial charge in [0, 0.05) is 23.4 Å². The summed E-state index contributed by atoms with van der Waals surface area (Å²) in [6, 6.07) is 10.7. The largest absolute Gasteiger partial charge is 0.344 e. The van der Waals surface area contributed by atoms with Crippen molar-refractivity contribution < 1.29 is 9.59 Å². The van der Waals surface area contributed by atoms with Crippen LogP contribution in [0.15, 0.2) is 53.3 Å². The average molecular weight is 334 g/mol. The number of anilines is 1. The number of hydrogen-bond donors (Lipinski definition) is 2. The normalized spacial score (nSPS) is 9.85. The van der Waals surface area contributed by atoms with E-state index in [1.807, 2.05) is 12.1 Å². The maximum atomic E-state index is 11.7. The van der Waals surface area contributed by atoms with Gasteiger partial charge in [0.05, 0.1) is 5.69 Å². The second kappa shape index (κ2) is 6.81. The molecule has 2 rings (SSSR count). The average Bonchev–Trinajstić information content (AvgIpc) is 2.48. The lowest BCUT2D eigenvalue weighted by atomic mass is 10.3. The molecule has 2 aromatic rings. The van der Waals surface area contributed by atoms with E-state index < -0.39 is 11.8 Å². The Labute approximate surface area is 124 Å². The molecule has 0 fully saturated rings. The molecular formula is C14H12BrN3O2. The highest BCUT2D eigenvalue weighted by Gasteiger charge is 2.14. The minimum absolute atomic E-state index is 0.260. The Hall–Kier alpha value is -2.21. The maximum Gasteiger partial charge on any atom is 0.313 e. The number of para-hydroxylation sites is 1. The number of nitrogens with zero attached hydrogens (tertiary/aromatic N) is 1. The highest BCUT2D eigenvalue weighted by atomic mass is 79.9. The molecule has 0 aliphatic heterocycles. The van der Waals surface area contributed by atoms with Crippen LogP contribution in [-0.2, 0) is 16.1 Å². The lowest BCUT2D eigenvalue weighted by molar-refractivity contribution is -0.136. The molecule has 0 atom stereocenters. The summed E-state index contributed by atoms with van der Waals surface area (Å²) in [5.74, 6) is -1.40. The van der Waals surface area contributed by atoms with Gasteiger partial charge < -0.3 is 10.6 Å². The van der Waals surface area contributed by atoms with Gasteiger partial charge in [0.25, 0.3) is 0 Å². The molecule has 1 aromatic heterocycles. The topological polar surface area (TPSA) is 71.1 Å². The van der Waals surface area contributed by atoms with Crippen molar-refractivity contribution in [3.63, 3.8) is 0 Å². The van der Waals surface area contributed by atoms with Gasteiger partial charge in [-0.2, -0.15) is 0 Å². The third kappa shape index (κ3) is 3.89. The third-order valence-corrected chi connectivity index (χ3v) is 3.20. The van der Waals surface area contributed by atoms with Crippen LogP contribution in [0.3, 0.4) is 0 Å². The van der Waals surface area contributed by atoms with Gasteiger partial charge in [-0.05, 0) is 39.7 Å². The number of halogens is 1. The van der Waals surface area contributed by atoms with Crippen molar-refractivity contribution in [2.24, 2.45) is 0 Å². The number of rotatable bonds is 3. The summed E-state index contributed by atoms with van der Waals surface area (Å²) in [5.41, 5.74) is 1.38. The number of pyridine rings is 1. The summed E-state index contributed by atoms with van der Waals surface area (Å²) in [6.07, 6.45) is 3.27. The molecule has 0 bridgehead atoms. The van der Waals surface area contributed by atoms with E-state index in [1.165, 1.54) is 0 Å². The molecule has 0 spiro atoms. The fourth-order valence-electron chi connectivity index (χ4n) is 1.51. The quantitative estimate of drug-likeness (QED) is 0.845. The first-order valence-electron chi connectivity index (χ1n) is 5.89. The second-order valence-corrected chi connectivity index (χ2v) is 4.83. The monoisotopic (exact) mass is 333 g/mol. The summed E-state index contributed by atoms with van der Waals surface area (Å²) in [4.78, 5) is 27.3. The Bertz CT molecular complexity index is 617. The third-order valence-electron chi connectivity index (χ3n) is 2.50. The van der Waals surface area contributed by atoms with E-state index in [4.69, 9.17) is 0 Å². The van der Waals surface area contributed by atoms with Crippen molar-refractivity contribution in [1.82, 2.24) is 10.3 Å². The Kier molecular flexibility index (Phi) is 4.84. The summed E-state index contributed by atoms with van der Waals surface area (Å²) < 4.78 is 0.716. The van der Waals surface area contributed by atoms with E-state index in [9.17, 15) is 9.59 Å². The van der Waals surface area contributed by atoms with Crippen LogP contribution in [0.2, 0.25) is 0 Å². The molecule has 5 nitrogen and oxygen atoms in total. The molecule has 0 unspecified atom stereocenters. The van der Waals surface area contributed by atoms with Crippen LogP contribution in [0.4, 0.5) is 5.69 Å². The van der Waals surface area contributed by atoms with Gasteiger partial charge in [0.1, 0.15) is 0 Å². The maximum absolute atomic E-state index is 11.7. The smallest absolute Gasteiger partial charge is 0.313 e. The van der Waals surface area contributed by atoms with Gasteiger partial charge in [0.15, 0.2) is 0 Å². The fourth-order valence-corrected chi connectivity index (χ4v) is 1.89. The Morgan fingerprint density at radius 2 is 1.90 bits per heavy atom. The van der Waals surface area contributed by atoms with E-state index in [2.05, 4.69) is 31.5 Å². The van der Waals surface area contributed by atoms with Crippen molar-refractivity contribution in [3.8, 4) is 0 Å². The van der Waals surface area contributed by atoms with Crippen LogP contribution >= 0.6 is 15.9 Å². The first-order valence-corrected chi connectivity index (χ1v) is 6.69. The number of carbonyl (C=O) groups is 2. The molecule has 0 aliphatic carbocycles. The number of amides is 2. The zero-order chi connectivity index (χ0) is 14.4. The first-order chi connectivity index (χ1) is 9.66. The molecule has 2 amide bonds. The van der Waals surface area contributed by atoms with Crippen molar-refractivity contribution in [2.45, 2.75) is 6.54 Å². The minimum atomic E-state index is -0.708. The lowest BCUT2D eigenvalue weighted by Gasteiger charge is -2.07. The SMILES string of the molecule is O=C(NCc1cccnc1)C(=O)Nc1ccccc1Br. The molecule has 1 aromatic carbocycles. The lowest BCUT2D eigenvalue weighted by Crippen LogP contribution is -2.35. The fraction of sp³-hybridized carbons (Fsp3) is 0.0714. The van der Waals surface area contributed by atoms with E-state index in [0.29, 0.717) is 10.2 Å². The summed E-state index contributed by atoms with van der Waals surface area (Å²) >= 11 is 3.29. The Balaban J connectivity index is 1.90. The molecule has 0 saturated carbocycles. The Morgan fingerprint density at radius 3 is 2.60 bits per heavy atom. The predicted molar refractivity (Wildman–Crippen MR) is 78.9 cm³/mol. The van der Waals surface area contributed by atoms with Crippen LogP contribution < -0.4 is 10.6 Å². The van der Waals surface area contributed by atoms with Gasteiger partial charge in [-0.1, -0.05) is 18.2 Å². The molecule has 0 saturated heterocycles. The van der Waals surface area contributed by atoms with E-state index in [1.54, 1.807) is 36.7 Å². The van der Waals surface area contributed by atoms with E-state index >= 15 is 0 Å². The second-order valence-electron chi connectivity index (χ2n) is 3.98. The van der Waals surface area contributed by atoms with Crippen LogP contribution in [0.1, 0.15) is 5.56 Å².